The van der Waals surface area contributed by atoms with Crippen LogP contribution in [0, 0.1) is 5.41 Å². The highest BCUT2D eigenvalue weighted by atomic mass is 19.4. The average molecular weight is 412 g/mol. The molecule has 0 aromatic carbocycles. The highest BCUT2D eigenvalue weighted by Crippen LogP contribution is 2.18. The maximum absolute atomic E-state index is 12.4. The average Bonchev–Trinajstić information content (AvgIpc) is 2.64. The number of amides is 2. The van der Waals surface area contributed by atoms with Crippen LogP contribution < -0.4 is 16.0 Å². The lowest BCUT2D eigenvalue weighted by atomic mass is 9.96. The number of rotatable bonds is 6. The largest absolute Gasteiger partial charge is 0.470 e. The second kappa shape index (κ2) is 8.97. The molecule has 158 valence electrons. The van der Waals surface area contributed by atoms with Crippen LogP contribution in [0.1, 0.15) is 31.1 Å². The zero-order chi connectivity index (χ0) is 21.7. The van der Waals surface area contributed by atoms with E-state index in [-0.39, 0.29) is 29.7 Å². The van der Waals surface area contributed by atoms with Crippen molar-refractivity contribution in [1.82, 2.24) is 15.6 Å². The number of ether oxygens (including phenoxy) is 1. The molecule has 3 N–H and O–H groups in total. The number of hydrogen-bond acceptors (Lipinski definition) is 5. The van der Waals surface area contributed by atoms with Gasteiger partial charge in [-0.1, -0.05) is 32.9 Å². The van der Waals surface area contributed by atoms with E-state index in [9.17, 15) is 22.8 Å². The van der Waals surface area contributed by atoms with Gasteiger partial charge in [-0.25, -0.2) is 4.98 Å². The second-order valence-corrected chi connectivity index (χ2v) is 7.41. The van der Waals surface area contributed by atoms with Gasteiger partial charge in [-0.2, -0.15) is 13.2 Å². The van der Waals surface area contributed by atoms with Gasteiger partial charge in [0.2, 0.25) is 5.91 Å². The van der Waals surface area contributed by atoms with Crippen molar-refractivity contribution in [2.75, 3.05) is 18.5 Å². The molecule has 1 atom stereocenters. The van der Waals surface area contributed by atoms with Crippen molar-refractivity contribution in [3.63, 3.8) is 0 Å². The maximum Gasteiger partial charge on any atom is 0.422 e. The van der Waals surface area contributed by atoms with Gasteiger partial charge >= 0.3 is 6.18 Å². The van der Waals surface area contributed by atoms with E-state index >= 15 is 0 Å². The molecule has 0 saturated carbocycles. The minimum atomic E-state index is -4.44. The van der Waals surface area contributed by atoms with E-state index in [2.05, 4.69) is 25.7 Å². The Kier molecular flexibility index (Phi) is 6.89. The normalized spacial score (nSPS) is 16.5. The monoisotopic (exact) mass is 412 g/mol. The van der Waals surface area contributed by atoms with Crippen molar-refractivity contribution in [1.29, 1.82) is 0 Å². The second-order valence-electron chi connectivity index (χ2n) is 7.41. The number of dihydropyridines is 1. The van der Waals surface area contributed by atoms with Crippen molar-refractivity contribution in [3.05, 3.63) is 48.0 Å². The number of nitrogens with zero attached hydrogens (tertiary/aromatic N) is 1. The molecular formula is C19H23F3N4O3. The molecule has 29 heavy (non-hydrogen) atoms. The highest BCUT2D eigenvalue weighted by molar-refractivity contribution is 5.97. The number of allylic oxidation sites excluding steroid dienone is 2. The molecule has 7 nitrogen and oxygen atoms in total. The summed E-state index contributed by atoms with van der Waals surface area (Å²) in [7, 11) is 0. The molecule has 0 fully saturated rings. The zero-order valence-electron chi connectivity index (χ0n) is 16.3. The summed E-state index contributed by atoms with van der Waals surface area (Å²) in [6.45, 7) is 3.98. The molecule has 0 saturated heterocycles. The SMILES string of the molecule is CC(C)(C)C(=O)Nc1cc(C(=O)NCC2C=CC=C(OCC(F)(F)F)N2)ccn1. The Morgan fingerprint density at radius 2 is 2.00 bits per heavy atom. The molecule has 1 aromatic rings. The van der Waals surface area contributed by atoms with Gasteiger partial charge in [0.25, 0.3) is 5.91 Å². The number of alkyl halides is 3. The third-order valence-electron chi connectivity index (χ3n) is 3.74. The van der Waals surface area contributed by atoms with Crippen LogP contribution in [0.4, 0.5) is 19.0 Å². The number of anilines is 1. The van der Waals surface area contributed by atoms with Gasteiger partial charge < -0.3 is 20.7 Å². The summed E-state index contributed by atoms with van der Waals surface area (Å²) in [5, 5.41) is 8.07. The number of pyridine rings is 1. The van der Waals surface area contributed by atoms with Gasteiger partial charge in [-0.15, -0.1) is 0 Å². The Hall–Kier alpha value is -3.04. The van der Waals surface area contributed by atoms with E-state index in [1.54, 1.807) is 32.9 Å². The Morgan fingerprint density at radius 3 is 2.66 bits per heavy atom. The van der Waals surface area contributed by atoms with Crippen LogP contribution in [0.15, 0.2) is 42.4 Å². The van der Waals surface area contributed by atoms with E-state index < -0.39 is 30.1 Å². The lowest BCUT2D eigenvalue weighted by molar-refractivity contribution is -0.166. The first-order valence-electron chi connectivity index (χ1n) is 8.84. The molecule has 0 spiro atoms. The first-order chi connectivity index (χ1) is 13.4. The molecule has 2 rings (SSSR count). The van der Waals surface area contributed by atoms with Crippen LogP contribution in [-0.4, -0.2) is 42.2 Å². The Bertz CT molecular complexity index is 814. The standard InChI is InChI=1S/C19H23F3N4O3/c1-18(2,3)17(28)26-14-9-12(7-8-23-14)16(27)24-10-13-5-4-6-15(25-13)29-11-19(20,21)22/h4-9,13,25H,10-11H2,1-3H3,(H,24,27)(H,23,26,28). The van der Waals surface area contributed by atoms with Crippen molar-refractivity contribution in [3.8, 4) is 0 Å². The van der Waals surface area contributed by atoms with Crippen LogP contribution in [0.25, 0.3) is 0 Å². The van der Waals surface area contributed by atoms with E-state index in [0.717, 1.165) is 0 Å². The summed E-state index contributed by atoms with van der Waals surface area (Å²) >= 11 is 0. The minimum absolute atomic E-state index is 0.0276. The topological polar surface area (TPSA) is 92.4 Å². The van der Waals surface area contributed by atoms with Crippen molar-refractivity contribution in [2.24, 2.45) is 5.41 Å². The summed E-state index contributed by atoms with van der Waals surface area (Å²) in [6, 6.07) is 2.50. The maximum atomic E-state index is 12.4. The van der Waals surface area contributed by atoms with E-state index in [4.69, 9.17) is 0 Å². The molecule has 0 bridgehead atoms. The quantitative estimate of drug-likeness (QED) is 0.668. The first kappa shape index (κ1) is 22.3. The predicted octanol–water partition coefficient (Wildman–Crippen LogP) is 2.74. The zero-order valence-corrected chi connectivity index (χ0v) is 16.3. The van der Waals surface area contributed by atoms with Crippen LogP contribution >= 0.6 is 0 Å². The lowest BCUT2D eigenvalue weighted by Gasteiger charge is -2.22. The van der Waals surface area contributed by atoms with Gasteiger partial charge in [0.05, 0.1) is 6.04 Å². The number of hydrogen-bond donors (Lipinski definition) is 3. The fraction of sp³-hybridized carbons (Fsp3) is 0.421. The summed E-state index contributed by atoms with van der Waals surface area (Å²) in [5.41, 5.74) is -0.327. The van der Waals surface area contributed by atoms with Crippen molar-refractivity contribution in [2.45, 2.75) is 33.0 Å². The smallest absolute Gasteiger partial charge is 0.422 e. The van der Waals surface area contributed by atoms with Crippen LogP contribution in [-0.2, 0) is 9.53 Å². The van der Waals surface area contributed by atoms with Crippen molar-refractivity contribution < 1.29 is 27.5 Å². The number of halogens is 3. The first-order valence-corrected chi connectivity index (χ1v) is 8.84. The fourth-order valence-corrected chi connectivity index (χ4v) is 2.17. The molecular weight excluding hydrogens is 389 g/mol. The number of carbonyl (C=O) groups is 2. The van der Waals surface area contributed by atoms with Crippen LogP contribution in [0.3, 0.4) is 0 Å². The summed E-state index contributed by atoms with van der Waals surface area (Å²) < 4.78 is 41.4. The Labute approximate surface area is 166 Å². The Morgan fingerprint density at radius 1 is 1.28 bits per heavy atom. The molecule has 0 radical (unpaired) electrons. The minimum Gasteiger partial charge on any atom is -0.470 e. The lowest BCUT2D eigenvalue weighted by Crippen LogP contribution is -2.41. The molecule has 1 aliphatic rings. The van der Waals surface area contributed by atoms with E-state index in [0.29, 0.717) is 0 Å². The van der Waals surface area contributed by atoms with Crippen LogP contribution in [0.2, 0.25) is 0 Å². The van der Waals surface area contributed by atoms with Crippen LogP contribution in [0.5, 0.6) is 0 Å². The third kappa shape index (κ3) is 7.47. The number of carbonyl (C=O) groups excluding carboxylic acids is 2. The summed E-state index contributed by atoms with van der Waals surface area (Å²) in [5.74, 6) is -0.433. The molecule has 2 amide bonds. The predicted molar refractivity (Wildman–Crippen MR) is 101 cm³/mol. The fourth-order valence-electron chi connectivity index (χ4n) is 2.17. The number of aromatic nitrogens is 1. The molecule has 10 heteroatoms. The van der Waals surface area contributed by atoms with E-state index in [1.807, 2.05) is 0 Å². The molecule has 0 aliphatic carbocycles. The molecule has 1 unspecified atom stereocenters. The third-order valence-corrected chi connectivity index (χ3v) is 3.74. The highest BCUT2D eigenvalue weighted by Gasteiger charge is 2.29. The molecule has 1 aromatic heterocycles. The van der Waals surface area contributed by atoms with Gasteiger partial charge in [0.1, 0.15) is 5.82 Å². The Balaban J connectivity index is 1.88. The van der Waals surface area contributed by atoms with Gasteiger partial charge in [-0.3, -0.25) is 9.59 Å². The van der Waals surface area contributed by atoms with Gasteiger partial charge in [0.15, 0.2) is 12.5 Å². The van der Waals surface area contributed by atoms with E-state index in [1.165, 1.54) is 24.4 Å². The van der Waals surface area contributed by atoms with Gasteiger partial charge in [0, 0.05) is 23.7 Å². The number of nitrogens with one attached hydrogen (secondary N) is 3. The summed E-state index contributed by atoms with van der Waals surface area (Å²) in [6.07, 6.45) is 1.57. The van der Waals surface area contributed by atoms with Crippen molar-refractivity contribution >= 4 is 17.6 Å². The molecule has 2 heterocycles. The summed E-state index contributed by atoms with van der Waals surface area (Å²) in [4.78, 5) is 28.4. The van der Waals surface area contributed by atoms with Gasteiger partial charge in [-0.05, 0) is 18.2 Å². The molecule has 1 aliphatic heterocycles.